The maximum Gasteiger partial charge on any atom is 0.271 e. The van der Waals surface area contributed by atoms with Gasteiger partial charge in [0.25, 0.3) is 5.91 Å². The summed E-state index contributed by atoms with van der Waals surface area (Å²) >= 11 is 5.99. The van der Waals surface area contributed by atoms with Crippen molar-refractivity contribution in [3.05, 3.63) is 82.4 Å². The molecule has 2 atom stereocenters. The molecule has 3 aromatic carbocycles. The monoisotopic (exact) mass is 437 g/mol. The Labute approximate surface area is 187 Å². The van der Waals surface area contributed by atoms with Crippen molar-refractivity contribution in [2.45, 2.75) is 26.0 Å². The number of hydrogen-bond acceptors (Lipinski definition) is 4. The van der Waals surface area contributed by atoms with E-state index in [0.29, 0.717) is 22.3 Å². The van der Waals surface area contributed by atoms with Crippen LogP contribution in [-0.4, -0.2) is 26.2 Å². The second-order valence-corrected chi connectivity index (χ2v) is 7.99. The van der Waals surface area contributed by atoms with E-state index >= 15 is 0 Å². The minimum atomic E-state index is -0.667. The van der Waals surface area contributed by atoms with Gasteiger partial charge in [0, 0.05) is 10.7 Å². The van der Waals surface area contributed by atoms with E-state index in [2.05, 4.69) is 0 Å². The molecule has 0 aliphatic carbocycles. The van der Waals surface area contributed by atoms with Crippen LogP contribution in [0.25, 0.3) is 0 Å². The zero-order valence-corrected chi connectivity index (χ0v) is 18.6. The first kappa shape index (κ1) is 21.1. The lowest BCUT2D eigenvalue weighted by Crippen LogP contribution is -2.61. The summed E-state index contributed by atoms with van der Waals surface area (Å²) < 4.78 is 17.0. The molecule has 0 spiro atoms. The predicted molar refractivity (Wildman–Crippen MR) is 122 cm³/mol. The fourth-order valence-electron chi connectivity index (χ4n) is 3.85. The molecule has 0 aromatic heterocycles. The summed E-state index contributed by atoms with van der Waals surface area (Å²) in [7, 11) is 3.19. The van der Waals surface area contributed by atoms with Gasteiger partial charge < -0.3 is 14.2 Å². The highest BCUT2D eigenvalue weighted by molar-refractivity contribution is 6.30. The summed E-state index contributed by atoms with van der Waals surface area (Å²) in [6.45, 7) is 4.02. The number of β-lactam (4-membered cyclic amide) rings is 1. The van der Waals surface area contributed by atoms with Crippen LogP contribution in [0.3, 0.4) is 0 Å². The first-order valence-electron chi connectivity index (χ1n) is 9.97. The number of nitrogens with zero attached hydrogens (tertiary/aromatic N) is 1. The molecule has 5 nitrogen and oxygen atoms in total. The number of carbonyl (C=O) groups is 1. The van der Waals surface area contributed by atoms with Crippen LogP contribution in [0.15, 0.2) is 60.7 Å². The molecule has 1 amide bonds. The molecule has 160 valence electrons. The van der Waals surface area contributed by atoms with Crippen LogP contribution >= 0.6 is 11.6 Å². The fourth-order valence-corrected chi connectivity index (χ4v) is 3.97. The SMILES string of the molecule is COc1ccc([C@H]2[C@H](Oc3ccc(Cl)cc3)C(=O)N2c2cc(C)ccc2C)cc1OC. The third kappa shape index (κ3) is 3.93. The number of ether oxygens (including phenoxy) is 3. The number of halogens is 1. The van der Waals surface area contributed by atoms with Crippen molar-refractivity contribution >= 4 is 23.2 Å². The molecule has 1 aliphatic heterocycles. The average Bonchev–Trinajstić information content (AvgIpc) is 2.78. The zero-order valence-electron chi connectivity index (χ0n) is 17.9. The number of methoxy groups -OCH3 is 2. The van der Waals surface area contributed by atoms with Gasteiger partial charge in [-0.3, -0.25) is 9.69 Å². The van der Waals surface area contributed by atoms with E-state index in [1.165, 1.54) is 0 Å². The standard InChI is InChI=1S/C25H24ClNO4/c1-15-5-6-16(2)20(13-15)27-23(17-7-12-21(29-3)22(14-17)30-4)24(25(27)28)31-19-10-8-18(26)9-11-19/h5-14,23-24H,1-4H3/t23-,24-/m0/s1. The molecule has 31 heavy (non-hydrogen) atoms. The topological polar surface area (TPSA) is 48.0 Å². The average molecular weight is 438 g/mol. The van der Waals surface area contributed by atoms with Gasteiger partial charge in [0.1, 0.15) is 11.8 Å². The van der Waals surface area contributed by atoms with E-state index in [1.54, 1.807) is 43.4 Å². The van der Waals surface area contributed by atoms with Crippen LogP contribution in [0.1, 0.15) is 22.7 Å². The van der Waals surface area contributed by atoms with E-state index in [0.717, 1.165) is 22.4 Å². The molecule has 0 unspecified atom stereocenters. The van der Waals surface area contributed by atoms with Crippen molar-refractivity contribution in [3.8, 4) is 17.2 Å². The Balaban J connectivity index is 1.76. The number of benzene rings is 3. The molecular weight excluding hydrogens is 414 g/mol. The molecule has 0 saturated carbocycles. The zero-order chi connectivity index (χ0) is 22.1. The van der Waals surface area contributed by atoms with Gasteiger partial charge in [-0.1, -0.05) is 29.8 Å². The second-order valence-electron chi connectivity index (χ2n) is 7.55. The first-order valence-corrected chi connectivity index (χ1v) is 10.3. The summed E-state index contributed by atoms with van der Waals surface area (Å²) in [4.78, 5) is 15.1. The molecule has 0 radical (unpaired) electrons. The Hall–Kier alpha value is -3.18. The highest BCUT2D eigenvalue weighted by Crippen LogP contribution is 2.44. The summed E-state index contributed by atoms with van der Waals surface area (Å²) in [6.07, 6.45) is -0.667. The highest BCUT2D eigenvalue weighted by Gasteiger charge is 2.51. The van der Waals surface area contributed by atoms with Crippen molar-refractivity contribution < 1.29 is 19.0 Å². The molecule has 0 bridgehead atoms. The lowest BCUT2D eigenvalue weighted by molar-refractivity contribution is -0.135. The summed E-state index contributed by atoms with van der Waals surface area (Å²) in [6, 6.07) is 18.5. The maximum absolute atomic E-state index is 13.3. The minimum Gasteiger partial charge on any atom is -0.493 e. The molecule has 1 aliphatic rings. The summed E-state index contributed by atoms with van der Waals surface area (Å²) in [5, 5.41) is 0.612. The summed E-state index contributed by atoms with van der Waals surface area (Å²) in [5.41, 5.74) is 3.88. The van der Waals surface area contributed by atoms with Gasteiger partial charge in [-0.15, -0.1) is 0 Å². The van der Waals surface area contributed by atoms with Crippen LogP contribution in [0.2, 0.25) is 5.02 Å². The fraction of sp³-hybridized carbons (Fsp3) is 0.240. The minimum absolute atomic E-state index is 0.0940. The van der Waals surface area contributed by atoms with Gasteiger partial charge >= 0.3 is 0 Å². The second kappa shape index (κ2) is 8.52. The predicted octanol–water partition coefficient (Wildman–Crippen LogP) is 5.51. The molecular formula is C25H24ClNO4. The van der Waals surface area contributed by atoms with E-state index in [-0.39, 0.29) is 11.9 Å². The molecule has 3 aromatic rings. The van der Waals surface area contributed by atoms with Crippen LogP contribution in [0, 0.1) is 13.8 Å². The highest BCUT2D eigenvalue weighted by atomic mass is 35.5. The maximum atomic E-state index is 13.3. The van der Waals surface area contributed by atoms with E-state index < -0.39 is 6.10 Å². The van der Waals surface area contributed by atoms with Crippen molar-refractivity contribution in [2.75, 3.05) is 19.1 Å². The largest absolute Gasteiger partial charge is 0.493 e. The number of hydrogen-bond donors (Lipinski definition) is 0. The number of rotatable bonds is 6. The van der Waals surface area contributed by atoms with E-state index in [1.807, 2.05) is 50.2 Å². The molecule has 0 N–H and O–H groups in total. The molecule has 6 heteroatoms. The van der Waals surface area contributed by atoms with Crippen molar-refractivity contribution in [1.82, 2.24) is 0 Å². The van der Waals surface area contributed by atoms with Crippen LogP contribution in [0.5, 0.6) is 17.2 Å². The molecule has 1 heterocycles. The lowest BCUT2D eigenvalue weighted by Gasteiger charge is -2.47. The third-order valence-corrected chi connectivity index (χ3v) is 5.75. The van der Waals surface area contributed by atoms with Gasteiger partial charge in [-0.05, 0) is 73.0 Å². The van der Waals surface area contributed by atoms with Gasteiger partial charge in [0.05, 0.1) is 14.2 Å². The van der Waals surface area contributed by atoms with Gasteiger partial charge in [-0.2, -0.15) is 0 Å². The van der Waals surface area contributed by atoms with Crippen molar-refractivity contribution in [1.29, 1.82) is 0 Å². The quantitative estimate of drug-likeness (QED) is 0.477. The van der Waals surface area contributed by atoms with E-state index in [4.69, 9.17) is 25.8 Å². The Bertz CT molecular complexity index is 1110. The Morgan fingerprint density at radius 3 is 2.26 bits per heavy atom. The van der Waals surface area contributed by atoms with Gasteiger partial charge in [-0.25, -0.2) is 0 Å². The normalized spacial score (nSPS) is 17.8. The smallest absolute Gasteiger partial charge is 0.271 e. The molecule has 4 rings (SSSR count). The number of amides is 1. The van der Waals surface area contributed by atoms with Crippen molar-refractivity contribution in [2.24, 2.45) is 0 Å². The number of aryl methyl sites for hydroxylation is 2. The Morgan fingerprint density at radius 1 is 0.871 bits per heavy atom. The van der Waals surface area contributed by atoms with Crippen molar-refractivity contribution in [3.63, 3.8) is 0 Å². The van der Waals surface area contributed by atoms with Crippen LogP contribution in [0.4, 0.5) is 5.69 Å². The first-order chi connectivity index (χ1) is 14.9. The van der Waals surface area contributed by atoms with Gasteiger partial charge in [0.2, 0.25) is 6.10 Å². The summed E-state index contributed by atoms with van der Waals surface area (Å²) in [5.74, 6) is 1.73. The lowest BCUT2D eigenvalue weighted by atomic mass is 9.88. The molecule has 1 fully saturated rings. The third-order valence-electron chi connectivity index (χ3n) is 5.50. The van der Waals surface area contributed by atoms with Gasteiger partial charge in [0.15, 0.2) is 11.5 Å². The van der Waals surface area contributed by atoms with Crippen LogP contribution < -0.4 is 19.1 Å². The molecule has 1 saturated heterocycles. The number of anilines is 1. The Morgan fingerprint density at radius 2 is 1.58 bits per heavy atom. The Kier molecular flexibility index (Phi) is 5.79. The van der Waals surface area contributed by atoms with E-state index in [9.17, 15) is 4.79 Å². The van der Waals surface area contributed by atoms with Crippen LogP contribution in [-0.2, 0) is 4.79 Å². The number of carbonyl (C=O) groups excluding carboxylic acids is 1.